The monoisotopic (exact) mass is 284 g/mol. The number of sulfonamides is 1. The molecule has 0 bridgehead atoms. The molecule has 2 fully saturated rings. The number of H-pyrrole nitrogens is 1. The molecule has 7 heteroatoms. The molecule has 1 aromatic rings. The number of fused-ring (bicyclic) bond motifs is 1. The molecule has 0 aromatic carbocycles. The van der Waals surface area contributed by atoms with Crippen molar-refractivity contribution in [2.75, 3.05) is 12.3 Å². The Labute approximate surface area is 113 Å². The average molecular weight is 284 g/mol. The van der Waals surface area contributed by atoms with Crippen LogP contribution in [0.3, 0.4) is 0 Å². The van der Waals surface area contributed by atoms with Gasteiger partial charge in [0.2, 0.25) is 10.0 Å². The van der Waals surface area contributed by atoms with Gasteiger partial charge < -0.3 is 5.73 Å². The van der Waals surface area contributed by atoms with E-state index in [2.05, 4.69) is 10.2 Å². The predicted molar refractivity (Wildman–Crippen MR) is 71.9 cm³/mol. The van der Waals surface area contributed by atoms with E-state index in [9.17, 15) is 8.42 Å². The van der Waals surface area contributed by atoms with E-state index in [1.54, 1.807) is 4.31 Å². The Balaban J connectivity index is 1.94. The Morgan fingerprint density at radius 2 is 2.00 bits per heavy atom. The van der Waals surface area contributed by atoms with Crippen LogP contribution in [0.25, 0.3) is 0 Å². The first kappa shape index (κ1) is 12.9. The van der Waals surface area contributed by atoms with Gasteiger partial charge in [-0.05, 0) is 31.6 Å². The lowest BCUT2D eigenvalue weighted by Gasteiger charge is -2.42. The molecular weight excluding hydrogens is 264 g/mol. The molecular formula is C12H20N4O2S. The van der Waals surface area contributed by atoms with Gasteiger partial charge in [0.25, 0.3) is 0 Å². The minimum Gasteiger partial charge on any atom is -0.383 e. The third-order valence-corrected chi connectivity index (χ3v) is 6.36. The van der Waals surface area contributed by atoms with Crippen LogP contribution < -0.4 is 5.73 Å². The summed E-state index contributed by atoms with van der Waals surface area (Å²) in [5, 5.41) is 6.24. The van der Waals surface area contributed by atoms with Gasteiger partial charge in [-0.3, -0.25) is 5.10 Å². The summed E-state index contributed by atoms with van der Waals surface area (Å²) >= 11 is 0. The van der Waals surface area contributed by atoms with E-state index in [0.717, 1.165) is 32.1 Å². The maximum Gasteiger partial charge on any atom is 0.248 e. The normalized spacial score (nSPS) is 29.1. The van der Waals surface area contributed by atoms with E-state index in [1.807, 2.05) is 0 Å². The SMILES string of the molecule is Nc1[nH]ncc1S(=O)(=O)N1CCCC2CCCCC21. The topological polar surface area (TPSA) is 92.1 Å². The number of nitrogens with two attached hydrogens (primary N) is 1. The first-order chi connectivity index (χ1) is 9.10. The summed E-state index contributed by atoms with van der Waals surface area (Å²) in [6.07, 6.45) is 7.88. The molecule has 2 heterocycles. The van der Waals surface area contributed by atoms with E-state index < -0.39 is 10.0 Å². The molecule has 2 aliphatic rings. The van der Waals surface area contributed by atoms with E-state index in [0.29, 0.717) is 12.5 Å². The summed E-state index contributed by atoms with van der Waals surface area (Å²) < 4.78 is 27.1. The first-order valence-electron chi connectivity index (χ1n) is 6.91. The second-order valence-corrected chi connectivity index (χ2v) is 7.38. The minimum atomic E-state index is -3.51. The van der Waals surface area contributed by atoms with Gasteiger partial charge in [-0.1, -0.05) is 12.8 Å². The van der Waals surface area contributed by atoms with Gasteiger partial charge in [0.15, 0.2) is 0 Å². The lowest BCUT2D eigenvalue weighted by atomic mass is 9.79. The largest absolute Gasteiger partial charge is 0.383 e. The summed E-state index contributed by atoms with van der Waals surface area (Å²) in [7, 11) is -3.51. The zero-order chi connectivity index (χ0) is 13.5. The molecule has 106 valence electrons. The van der Waals surface area contributed by atoms with Crippen molar-refractivity contribution in [1.82, 2.24) is 14.5 Å². The van der Waals surface area contributed by atoms with Crippen molar-refractivity contribution in [3.05, 3.63) is 6.20 Å². The zero-order valence-corrected chi connectivity index (χ0v) is 11.7. The molecule has 1 aromatic heterocycles. The van der Waals surface area contributed by atoms with E-state index in [4.69, 9.17) is 5.73 Å². The summed E-state index contributed by atoms with van der Waals surface area (Å²) in [5.74, 6) is 0.656. The maximum atomic E-state index is 12.7. The highest BCUT2D eigenvalue weighted by Crippen LogP contribution is 2.38. The standard InChI is InChI=1S/C12H20N4O2S/c13-12-11(8-14-15-12)19(17,18)16-7-3-5-9-4-1-2-6-10(9)16/h8-10H,1-7H2,(H3,13,14,15). The van der Waals surface area contributed by atoms with Gasteiger partial charge in [-0.2, -0.15) is 9.40 Å². The predicted octanol–water partition coefficient (Wildman–Crippen LogP) is 1.34. The molecule has 0 radical (unpaired) electrons. The van der Waals surface area contributed by atoms with E-state index in [-0.39, 0.29) is 16.8 Å². The molecule has 1 saturated heterocycles. The number of piperidine rings is 1. The van der Waals surface area contributed by atoms with Crippen molar-refractivity contribution < 1.29 is 8.42 Å². The second-order valence-electron chi connectivity index (χ2n) is 5.52. The smallest absolute Gasteiger partial charge is 0.248 e. The molecule has 3 rings (SSSR count). The quantitative estimate of drug-likeness (QED) is 0.857. The van der Waals surface area contributed by atoms with Crippen LogP contribution in [0.15, 0.2) is 11.1 Å². The van der Waals surface area contributed by atoms with Crippen molar-refractivity contribution in [1.29, 1.82) is 0 Å². The Morgan fingerprint density at radius 3 is 2.74 bits per heavy atom. The Kier molecular flexibility index (Phi) is 3.26. The van der Waals surface area contributed by atoms with Crippen molar-refractivity contribution >= 4 is 15.8 Å². The van der Waals surface area contributed by atoms with Crippen molar-refractivity contribution in [2.24, 2.45) is 5.92 Å². The Morgan fingerprint density at radius 1 is 1.26 bits per heavy atom. The maximum absolute atomic E-state index is 12.7. The van der Waals surface area contributed by atoms with Crippen LogP contribution in [0.1, 0.15) is 38.5 Å². The highest BCUT2D eigenvalue weighted by Gasteiger charge is 2.40. The number of hydrogen-bond acceptors (Lipinski definition) is 4. The molecule has 0 amide bonds. The summed E-state index contributed by atoms with van der Waals surface area (Å²) in [6.45, 7) is 0.605. The van der Waals surface area contributed by atoms with Crippen LogP contribution in [0.5, 0.6) is 0 Å². The van der Waals surface area contributed by atoms with Crippen molar-refractivity contribution in [3.63, 3.8) is 0 Å². The van der Waals surface area contributed by atoms with Crippen LogP contribution in [-0.2, 0) is 10.0 Å². The van der Waals surface area contributed by atoms with Crippen LogP contribution in [-0.4, -0.2) is 35.5 Å². The van der Waals surface area contributed by atoms with Crippen LogP contribution >= 0.6 is 0 Å². The number of nitrogens with one attached hydrogen (secondary N) is 1. The molecule has 19 heavy (non-hydrogen) atoms. The molecule has 3 N–H and O–H groups in total. The van der Waals surface area contributed by atoms with E-state index in [1.165, 1.54) is 12.6 Å². The Bertz CT molecular complexity index is 552. The average Bonchev–Trinajstić information content (AvgIpc) is 2.85. The number of nitrogen functional groups attached to an aromatic ring is 1. The van der Waals surface area contributed by atoms with Gasteiger partial charge in [0.05, 0.1) is 6.20 Å². The lowest BCUT2D eigenvalue weighted by Crippen LogP contribution is -2.49. The summed E-state index contributed by atoms with van der Waals surface area (Å²) in [4.78, 5) is 0.124. The number of nitrogens with zero attached hydrogens (tertiary/aromatic N) is 2. The number of hydrogen-bond donors (Lipinski definition) is 2. The number of anilines is 1. The third kappa shape index (κ3) is 2.14. The Hall–Kier alpha value is -1.08. The highest BCUT2D eigenvalue weighted by atomic mass is 32.2. The fraction of sp³-hybridized carbons (Fsp3) is 0.750. The van der Waals surface area contributed by atoms with Crippen LogP contribution in [0.4, 0.5) is 5.82 Å². The van der Waals surface area contributed by atoms with Gasteiger partial charge >= 0.3 is 0 Å². The summed E-state index contributed by atoms with van der Waals surface area (Å²) in [5.41, 5.74) is 5.68. The van der Waals surface area contributed by atoms with Gasteiger partial charge in [-0.15, -0.1) is 0 Å². The molecule has 1 aliphatic heterocycles. The van der Waals surface area contributed by atoms with Gasteiger partial charge in [0.1, 0.15) is 10.7 Å². The van der Waals surface area contributed by atoms with Gasteiger partial charge in [0, 0.05) is 12.6 Å². The number of rotatable bonds is 2. The van der Waals surface area contributed by atoms with Crippen molar-refractivity contribution in [3.8, 4) is 0 Å². The fourth-order valence-electron chi connectivity index (χ4n) is 3.49. The first-order valence-corrected chi connectivity index (χ1v) is 8.35. The molecule has 2 unspecified atom stereocenters. The van der Waals surface area contributed by atoms with Crippen LogP contribution in [0.2, 0.25) is 0 Å². The minimum absolute atomic E-state index is 0.124. The van der Waals surface area contributed by atoms with E-state index >= 15 is 0 Å². The summed E-state index contributed by atoms with van der Waals surface area (Å²) in [6, 6.07) is 0.154. The molecule has 6 nitrogen and oxygen atoms in total. The fourth-order valence-corrected chi connectivity index (χ4v) is 5.26. The number of aromatic nitrogens is 2. The zero-order valence-electron chi connectivity index (χ0n) is 10.9. The number of aromatic amines is 1. The van der Waals surface area contributed by atoms with Gasteiger partial charge in [-0.25, -0.2) is 8.42 Å². The van der Waals surface area contributed by atoms with Crippen LogP contribution in [0, 0.1) is 5.92 Å². The molecule has 2 atom stereocenters. The molecule has 1 aliphatic carbocycles. The lowest BCUT2D eigenvalue weighted by molar-refractivity contribution is 0.129. The molecule has 0 spiro atoms. The van der Waals surface area contributed by atoms with Crippen molar-refractivity contribution in [2.45, 2.75) is 49.5 Å². The highest BCUT2D eigenvalue weighted by molar-refractivity contribution is 7.89. The second kappa shape index (κ2) is 4.79. The third-order valence-electron chi connectivity index (χ3n) is 4.41. The molecule has 1 saturated carbocycles.